The smallest absolute Gasteiger partial charge is 0.0791 e. The molecule has 1 saturated heterocycles. The van der Waals surface area contributed by atoms with E-state index in [2.05, 4.69) is 17.1 Å². The second kappa shape index (κ2) is 8.83. The number of nitrogens with one attached hydrogen (secondary N) is 1. The fraction of sp³-hybridized carbons (Fsp3) is 1.00. The molecule has 2 atom stereocenters. The Bertz CT molecular complexity index is 187. The summed E-state index contributed by atoms with van der Waals surface area (Å²) < 4.78 is 5.26. The molecular formula is C12H26N2O3. The molecule has 0 aliphatic carbocycles. The highest BCUT2D eigenvalue weighted by atomic mass is 16.5. The van der Waals surface area contributed by atoms with Gasteiger partial charge in [0, 0.05) is 38.8 Å². The Kier molecular flexibility index (Phi) is 7.72. The Labute approximate surface area is 104 Å². The van der Waals surface area contributed by atoms with E-state index in [1.165, 1.54) is 0 Å². The number of hydrogen-bond donors (Lipinski definition) is 3. The van der Waals surface area contributed by atoms with E-state index in [0.29, 0.717) is 19.1 Å². The molecule has 17 heavy (non-hydrogen) atoms. The van der Waals surface area contributed by atoms with Crippen LogP contribution in [0.2, 0.25) is 0 Å². The van der Waals surface area contributed by atoms with E-state index in [4.69, 9.17) is 9.84 Å². The Balaban J connectivity index is 2.12. The third kappa shape index (κ3) is 6.33. The molecule has 0 radical (unpaired) electrons. The maximum atomic E-state index is 9.91. The molecule has 0 aromatic heterocycles. The molecule has 0 aromatic carbocycles. The van der Waals surface area contributed by atoms with Gasteiger partial charge in [-0.25, -0.2) is 0 Å². The second-order valence-electron chi connectivity index (χ2n) is 4.59. The van der Waals surface area contributed by atoms with Crippen LogP contribution in [-0.2, 0) is 4.74 Å². The lowest BCUT2D eigenvalue weighted by Gasteiger charge is -2.29. The minimum Gasteiger partial charge on any atom is -0.396 e. The summed E-state index contributed by atoms with van der Waals surface area (Å²) in [5, 5.41) is 22.1. The van der Waals surface area contributed by atoms with Crippen molar-refractivity contribution in [2.45, 2.75) is 31.9 Å². The molecule has 0 amide bonds. The van der Waals surface area contributed by atoms with Gasteiger partial charge in [-0.3, -0.25) is 4.90 Å². The molecule has 1 heterocycles. The SMILES string of the molecule is CCC(CCO)NCC(O)CN1CCOCC1. The highest BCUT2D eigenvalue weighted by molar-refractivity contribution is 4.72. The summed E-state index contributed by atoms with van der Waals surface area (Å²) in [6.07, 6.45) is 1.38. The van der Waals surface area contributed by atoms with Crippen LogP contribution in [0.25, 0.3) is 0 Å². The van der Waals surface area contributed by atoms with Crippen LogP contribution in [0.15, 0.2) is 0 Å². The van der Waals surface area contributed by atoms with Crippen LogP contribution in [0.1, 0.15) is 19.8 Å². The van der Waals surface area contributed by atoms with E-state index in [1.54, 1.807) is 0 Å². The maximum Gasteiger partial charge on any atom is 0.0791 e. The Morgan fingerprint density at radius 3 is 2.65 bits per heavy atom. The van der Waals surface area contributed by atoms with Gasteiger partial charge >= 0.3 is 0 Å². The average molecular weight is 246 g/mol. The van der Waals surface area contributed by atoms with Gasteiger partial charge in [0.05, 0.1) is 19.3 Å². The number of ether oxygens (including phenoxy) is 1. The Morgan fingerprint density at radius 1 is 1.35 bits per heavy atom. The molecule has 0 spiro atoms. The van der Waals surface area contributed by atoms with Crippen molar-refractivity contribution >= 4 is 0 Å². The number of hydrogen-bond acceptors (Lipinski definition) is 5. The third-order valence-electron chi connectivity index (χ3n) is 3.19. The molecule has 0 bridgehead atoms. The topological polar surface area (TPSA) is 65.0 Å². The molecule has 0 saturated carbocycles. The van der Waals surface area contributed by atoms with Gasteiger partial charge in [0.15, 0.2) is 0 Å². The van der Waals surface area contributed by atoms with E-state index in [0.717, 1.165) is 39.1 Å². The zero-order valence-electron chi connectivity index (χ0n) is 10.8. The number of morpholine rings is 1. The van der Waals surface area contributed by atoms with Gasteiger partial charge in [0.25, 0.3) is 0 Å². The van der Waals surface area contributed by atoms with Crippen molar-refractivity contribution in [2.75, 3.05) is 46.0 Å². The van der Waals surface area contributed by atoms with E-state index in [1.807, 2.05) is 0 Å². The number of aliphatic hydroxyl groups is 2. The van der Waals surface area contributed by atoms with Crippen LogP contribution in [0.5, 0.6) is 0 Å². The zero-order valence-corrected chi connectivity index (χ0v) is 10.8. The van der Waals surface area contributed by atoms with Crippen LogP contribution in [-0.4, -0.2) is 73.3 Å². The van der Waals surface area contributed by atoms with Gasteiger partial charge in [-0.15, -0.1) is 0 Å². The van der Waals surface area contributed by atoms with Crippen LogP contribution in [0.3, 0.4) is 0 Å². The van der Waals surface area contributed by atoms with E-state index < -0.39 is 0 Å². The van der Waals surface area contributed by atoms with Gasteiger partial charge in [-0.2, -0.15) is 0 Å². The standard InChI is InChI=1S/C12H26N2O3/c1-2-11(3-6-15)13-9-12(16)10-14-4-7-17-8-5-14/h11-13,15-16H,2-10H2,1H3. The summed E-state index contributed by atoms with van der Waals surface area (Å²) in [6.45, 7) is 6.93. The molecule has 0 aromatic rings. The molecule has 102 valence electrons. The van der Waals surface area contributed by atoms with Gasteiger partial charge in [0.1, 0.15) is 0 Å². The molecule has 5 heteroatoms. The second-order valence-corrected chi connectivity index (χ2v) is 4.59. The predicted octanol–water partition coefficient (Wildman–Crippen LogP) is -0.570. The molecule has 2 unspecified atom stereocenters. The van der Waals surface area contributed by atoms with Crippen molar-refractivity contribution < 1.29 is 14.9 Å². The first-order valence-corrected chi connectivity index (χ1v) is 6.58. The molecule has 1 aliphatic rings. The van der Waals surface area contributed by atoms with Crippen molar-refractivity contribution in [1.29, 1.82) is 0 Å². The number of β-amino-alcohol motifs (C(OH)–C–C–N with tert-alkyl or cyclic N) is 1. The first-order valence-electron chi connectivity index (χ1n) is 6.58. The minimum absolute atomic E-state index is 0.199. The lowest BCUT2D eigenvalue weighted by Crippen LogP contribution is -2.45. The third-order valence-corrected chi connectivity index (χ3v) is 3.19. The fourth-order valence-electron chi connectivity index (χ4n) is 2.06. The van der Waals surface area contributed by atoms with E-state index >= 15 is 0 Å². The van der Waals surface area contributed by atoms with Crippen molar-refractivity contribution in [2.24, 2.45) is 0 Å². The summed E-state index contributed by atoms with van der Waals surface area (Å²) in [5.41, 5.74) is 0. The fourth-order valence-corrected chi connectivity index (χ4v) is 2.06. The highest BCUT2D eigenvalue weighted by Crippen LogP contribution is 2.00. The van der Waals surface area contributed by atoms with Crippen LogP contribution < -0.4 is 5.32 Å². The summed E-state index contributed by atoms with van der Waals surface area (Å²) >= 11 is 0. The van der Waals surface area contributed by atoms with Crippen LogP contribution in [0.4, 0.5) is 0 Å². The predicted molar refractivity (Wildman–Crippen MR) is 67.1 cm³/mol. The molecule has 1 fully saturated rings. The average Bonchev–Trinajstić information content (AvgIpc) is 2.35. The van der Waals surface area contributed by atoms with Crippen molar-refractivity contribution in [3.8, 4) is 0 Å². The molecule has 5 nitrogen and oxygen atoms in total. The van der Waals surface area contributed by atoms with Gasteiger partial charge in [0.2, 0.25) is 0 Å². The zero-order chi connectivity index (χ0) is 12.5. The normalized spacial score (nSPS) is 21.4. The molecule has 1 aliphatic heterocycles. The quantitative estimate of drug-likeness (QED) is 0.535. The number of aliphatic hydroxyl groups excluding tert-OH is 2. The molecule has 3 N–H and O–H groups in total. The maximum absolute atomic E-state index is 9.91. The lowest BCUT2D eigenvalue weighted by atomic mass is 10.1. The summed E-state index contributed by atoms with van der Waals surface area (Å²) in [4.78, 5) is 2.23. The van der Waals surface area contributed by atoms with E-state index in [-0.39, 0.29) is 12.7 Å². The number of nitrogens with zero attached hydrogens (tertiary/aromatic N) is 1. The lowest BCUT2D eigenvalue weighted by molar-refractivity contribution is 0.0143. The van der Waals surface area contributed by atoms with Gasteiger partial charge < -0.3 is 20.3 Å². The van der Waals surface area contributed by atoms with Crippen LogP contribution >= 0.6 is 0 Å². The van der Waals surface area contributed by atoms with Crippen molar-refractivity contribution in [3.05, 3.63) is 0 Å². The highest BCUT2D eigenvalue weighted by Gasteiger charge is 2.15. The molecule has 1 rings (SSSR count). The Hall–Kier alpha value is -0.200. The first-order chi connectivity index (χ1) is 8.26. The monoisotopic (exact) mass is 246 g/mol. The Morgan fingerprint density at radius 2 is 2.06 bits per heavy atom. The van der Waals surface area contributed by atoms with Crippen LogP contribution in [0, 0.1) is 0 Å². The first kappa shape index (κ1) is 14.9. The number of rotatable bonds is 8. The van der Waals surface area contributed by atoms with Crippen molar-refractivity contribution in [3.63, 3.8) is 0 Å². The summed E-state index contributed by atoms with van der Waals surface area (Å²) in [6, 6.07) is 0.305. The molecular weight excluding hydrogens is 220 g/mol. The summed E-state index contributed by atoms with van der Waals surface area (Å²) in [5.74, 6) is 0. The minimum atomic E-state index is -0.346. The van der Waals surface area contributed by atoms with Gasteiger partial charge in [-0.05, 0) is 12.8 Å². The van der Waals surface area contributed by atoms with E-state index in [9.17, 15) is 5.11 Å². The largest absolute Gasteiger partial charge is 0.396 e. The van der Waals surface area contributed by atoms with Crippen molar-refractivity contribution in [1.82, 2.24) is 10.2 Å². The van der Waals surface area contributed by atoms with Gasteiger partial charge in [-0.1, -0.05) is 6.92 Å². The summed E-state index contributed by atoms with van der Waals surface area (Å²) in [7, 11) is 0.